The minimum absolute atomic E-state index is 0.654. The fraction of sp³-hybridized carbons (Fsp3) is 0.385. The lowest BCUT2D eigenvalue weighted by atomic mass is 9.96. The van der Waals surface area contributed by atoms with Gasteiger partial charge in [-0.1, -0.05) is 55.4 Å². The number of halogens is 1. The highest BCUT2D eigenvalue weighted by molar-refractivity contribution is 8.00. The number of benzene rings is 2. The van der Waals surface area contributed by atoms with E-state index in [4.69, 9.17) is 21.4 Å². The van der Waals surface area contributed by atoms with Gasteiger partial charge < -0.3 is 44.4 Å². The molecule has 0 spiro atoms. The van der Waals surface area contributed by atoms with Crippen LogP contribution >= 0.6 is 34.7 Å². The van der Waals surface area contributed by atoms with Crippen LogP contribution in [0, 0.1) is 0 Å². The number of fused-ring (bicyclic) bond motifs is 1. The number of para-hydroxylation sites is 1. The normalized spacial score (nSPS) is 11.2. The van der Waals surface area contributed by atoms with E-state index in [0.717, 1.165) is 41.0 Å². The Morgan fingerprint density at radius 3 is 2.26 bits per heavy atom. The van der Waals surface area contributed by atoms with Crippen LogP contribution in [-0.2, 0) is 20.1 Å². The zero-order valence-electron chi connectivity index (χ0n) is 21.4. The van der Waals surface area contributed by atoms with Gasteiger partial charge >= 0.3 is 0 Å². The van der Waals surface area contributed by atoms with Crippen LogP contribution in [0.1, 0.15) is 32.3 Å². The molecule has 13 heteroatoms. The van der Waals surface area contributed by atoms with Gasteiger partial charge in [-0.2, -0.15) is 0 Å². The Bertz CT molecular complexity index is 1220. The number of ether oxygens (including phenoxy) is 1. The van der Waals surface area contributed by atoms with Gasteiger partial charge in [-0.25, -0.2) is 4.98 Å². The Hall–Kier alpha value is -2.90. The van der Waals surface area contributed by atoms with Crippen molar-refractivity contribution in [1.29, 1.82) is 0 Å². The number of carbonyl (C=O) groups excluding carboxylic acids is 3. The molecule has 0 unspecified atom stereocenters. The number of thioether (sulfide) groups is 1. The number of hydrogen-bond acceptors (Lipinski definition) is 12. The van der Waals surface area contributed by atoms with Crippen molar-refractivity contribution in [3.63, 3.8) is 0 Å². The number of carbonyl (C=O) groups is 3. The number of nitrogens with zero attached hydrogens (tertiary/aromatic N) is 2. The summed E-state index contributed by atoms with van der Waals surface area (Å²) in [7, 11) is 0. The van der Waals surface area contributed by atoms with Gasteiger partial charge in [0.2, 0.25) is 0 Å². The number of likely N-dealkylation sites (N-methyl/N-ethyl adjacent to an activating group) is 1. The average Bonchev–Trinajstić information content (AvgIpc) is 3.29. The van der Waals surface area contributed by atoms with Gasteiger partial charge in [0.25, 0.3) is 0 Å². The molecule has 2 aromatic carbocycles. The first-order valence-corrected chi connectivity index (χ1v) is 14.1. The summed E-state index contributed by atoms with van der Waals surface area (Å²) in [6.45, 7) is 7.97. The van der Waals surface area contributed by atoms with E-state index < -0.39 is 36.4 Å². The molecule has 0 fully saturated rings. The maximum atomic E-state index is 10.1. The lowest BCUT2D eigenvalue weighted by Crippen LogP contribution is -2.54. The topological polar surface area (TPSA) is 166 Å². The van der Waals surface area contributed by atoms with Crippen molar-refractivity contribution in [3.8, 4) is 5.75 Å². The van der Waals surface area contributed by atoms with Gasteiger partial charge in [0.15, 0.2) is 4.34 Å². The van der Waals surface area contributed by atoms with Gasteiger partial charge in [0.05, 0.1) is 21.2 Å². The SMILES string of the molecule is CCN(CC)CCOc1ccc(CSc2nc3ccccc3s2)cc1Cl.O=C([O-])CC(O)(CC(=O)[O-])C(=O)[O-]. The quantitative estimate of drug-likeness (QED) is 0.261. The highest BCUT2D eigenvalue weighted by Crippen LogP contribution is 2.33. The molecule has 0 aliphatic carbocycles. The number of aliphatic carboxylic acids is 3. The van der Waals surface area contributed by atoms with E-state index in [1.807, 2.05) is 24.3 Å². The third kappa shape index (κ3) is 10.6. The highest BCUT2D eigenvalue weighted by atomic mass is 35.5. The predicted molar refractivity (Wildman–Crippen MR) is 143 cm³/mol. The van der Waals surface area contributed by atoms with Crippen LogP contribution in [0.2, 0.25) is 5.02 Å². The molecule has 39 heavy (non-hydrogen) atoms. The lowest BCUT2D eigenvalue weighted by Gasteiger charge is -2.29. The Balaban J connectivity index is 0.000000349. The van der Waals surface area contributed by atoms with Crippen LogP contribution in [0.5, 0.6) is 5.75 Å². The van der Waals surface area contributed by atoms with E-state index >= 15 is 0 Å². The molecule has 1 N–H and O–H groups in total. The van der Waals surface area contributed by atoms with Gasteiger partial charge in [-0.3, -0.25) is 0 Å². The van der Waals surface area contributed by atoms with Gasteiger partial charge in [-0.15, -0.1) is 11.3 Å². The second-order valence-electron chi connectivity index (χ2n) is 8.29. The summed E-state index contributed by atoms with van der Waals surface area (Å²) in [5.74, 6) is -4.38. The van der Waals surface area contributed by atoms with E-state index in [1.54, 1.807) is 23.1 Å². The number of hydrogen-bond donors (Lipinski definition) is 1. The first-order chi connectivity index (χ1) is 18.5. The maximum absolute atomic E-state index is 10.1. The standard InChI is InChI=1S/C20H23ClN2OS2.C6H8O7/c1-3-23(4-2)11-12-24-18-10-9-15(13-16(18)21)14-25-20-22-17-7-5-6-8-19(17)26-20;7-3(8)1-6(13,5(11)12)2-4(9)10/h5-10,13H,3-4,11-12,14H2,1-2H3;13H,1-2H2,(H,7,8)(H,9,10)(H,11,12)/p-3. The van der Waals surface area contributed by atoms with Crippen LogP contribution in [0.25, 0.3) is 10.2 Å². The summed E-state index contributed by atoms with van der Waals surface area (Å²) in [5.41, 5.74) is -0.733. The number of carboxylic acids is 3. The Kier molecular flexibility index (Phi) is 13.0. The number of aliphatic hydroxyl groups is 1. The third-order valence-corrected chi connectivity index (χ3v) is 7.99. The van der Waals surface area contributed by atoms with Crippen LogP contribution in [0.15, 0.2) is 46.8 Å². The second kappa shape index (κ2) is 15.6. The fourth-order valence-electron chi connectivity index (χ4n) is 3.32. The number of thiazole rings is 1. The fourth-order valence-corrected chi connectivity index (χ4v) is 5.59. The van der Waals surface area contributed by atoms with Crippen LogP contribution in [0.4, 0.5) is 0 Å². The molecule has 1 heterocycles. The van der Waals surface area contributed by atoms with Crippen molar-refractivity contribution in [2.45, 2.75) is 42.4 Å². The molecular formula is C26H28ClN2O8S2-3. The first kappa shape index (κ1) is 32.3. The van der Waals surface area contributed by atoms with Crippen molar-refractivity contribution in [2.24, 2.45) is 0 Å². The number of carboxylic acid groups (broad SMARTS) is 3. The highest BCUT2D eigenvalue weighted by Gasteiger charge is 2.29. The molecule has 0 aliphatic heterocycles. The van der Waals surface area contributed by atoms with Gasteiger partial charge in [-0.05, 0) is 42.9 Å². The lowest BCUT2D eigenvalue weighted by molar-refractivity contribution is -0.339. The predicted octanol–water partition coefficient (Wildman–Crippen LogP) is 0.710. The van der Waals surface area contributed by atoms with Crippen LogP contribution in [0.3, 0.4) is 0 Å². The summed E-state index contributed by atoms with van der Waals surface area (Å²) in [5, 5.41) is 39.6. The van der Waals surface area contributed by atoms with E-state index in [9.17, 15) is 29.7 Å². The summed E-state index contributed by atoms with van der Waals surface area (Å²) >= 11 is 9.87. The van der Waals surface area contributed by atoms with Gasteiger partial charge in [0, 0.05) is 37.1 Å². The summed E-state index contributed by atoms with van der Waals surface area (Å²) < 4.78 is 8.15. The molecule has 0 amide bonds. The van der Waals surface area contributed by atoms with Crippen molar-refractivity contribution in [2.75, 3.05) is 26.2 Å². The van der Waals surface area contributed by atoms with Crippen molar-refractivity contribution in [3.05, 3.63) is 53.1 Å². The Labute approximate surface area is 239 Å². The third-order valence-electron chi connectivity index (χ3n) is 5.45. The molecule has 0 bridgehead atoms. The molecular weight excluding hydrogens is 568 g/mol. The largest absolute Gasteiger partial charge is 0.550 e. The molecule has 0 saturated heterocycles. The summed E-state index contributed by atoms with van der Waals surface area (Å²) in [4.78, 5) is 37.0. The number of aromatic nitrogens is 1. The van der Waals surface area contributed by atoms with E-state index in [-0.39, 0.29) is 0 Å². The molecule has 1 aromatic heterocycles. The summed E-state index contributed by atoms with van der Waals surface area (Å²) in [6, 6.07) is 14.3. The van der Waals surface area contributed by atoms with Crippen LogP contribution < -0.4 is 20.1 Å². The van der Waals surface area contributed by atoms with E-state index in [2.05, 4.69) is 41.9 Å². The zero-order valence-corrected chi connectivity index (χ0v) is 23.8. The molecule has 0 radical (unpaired) electrons. The maximum Gasteiger partial charge on any atom is 0.151 e. The van der Waals surface area contributed by atoms with Crippen molar-refractivity contribution >= 4 is 62.8 Å². The minimum atomic E-state index is -2.97. The number of rotatable bonds is 14. The Morgan fingerprint density at radius 2 is 1.72 bits per heavy atom. The van der Waals surface area contributed by atoms with Crippen molar-refractivity contribution < 1.29 is 39.5 Å². The molecule has 0 aliphatic rings. The molecule has 3 aromatic rings. The monoisotopic (exact) mass is 595 g/mol. The molecule has 212 valence electrons. The molecule has 3 rings (SSSR count). The second-order valence-corrected chi connectivity index (χ2v) is 11.0. The smallest absolute Gasteiger partial charge is 0.151 e. The van der Waals surface area contributed by atoms with E-state index in [1.165, 1.54) is 10.3 Å². The minimum Gasteiger partial charge on any atom is -0.550 e. The molecule has 10 nitrogen and oxygen atoms in total. The summed E-state index contributed by atoms with van der Waals surface area (Å²) in [6.07, 6.45) is -2.72. The van der Waals surface area contributed by atoms with E-state index in [0.29, 0.717) is 11.6 Å². The molecule has 0 atom stereocenters. The Morgan fingerprint density at radius 1 is 1.08 bits per heavy atom. The van der Waals surface area contributed by atoms with Gasteiger partial charge in [0.1, 0.15) is 18.0 Å². The van der Waals surface area contributed by atoms with Crippen LogP contribution in [-0.4, -0.2) is 64.7 Å². The average molecular weight is 596 g/mol. The zero-order chi connectivity index (χ0) is 29.0. The first-order valence-electron chi connectivity index (χ1n) is 11.9. The molecule has 0 saturated carbocycles. The van der Waals surface area contributed by atoms with Crippen molar-refractivity contribution in [1.82, 2.24) is 9.88 Å².